The molecule has 1 aromatic carbocycles. The van der Waals surface area contributed by atoms with Crippen LogP contribution in [0.2, 0.25) is 0 Å². The smallest absolute Gasteiger partial charge is 0.241 e. The molecule has 0 fully saturated rings. The van der Waals surface area contributed by atoms with Crippen LogP contribution in [-0.4, -0.2) is 31.2 Å². The number of aromatic nitrogens is 1. The Labute approximate surface area is 112 Å². The third kappa shape index (κ3) is 2.75. The molecule has 0 amide bonds. The molecule has 2 N–H and O–H groups in total. The number of hydrogen-bond acceptors (Lipinski definition) is 4. The summed E-state index contributed by atoms with van der Waals surface area (Å²) in [6.45, 7) is 3.19. The number of nitrogens with zero attached hydrogens (tertiary/aromatic N) is 1. The number of fused-ring (bicyclic) bond motifs is 1. The van der Waals surface area contributed by atoms with E-state index >= 15 is 0 Å². The number of sulfonamides is 1. The van der Waals surface area contributed by atoms with Gasteiger partial charge in [0, 0.05) is 29.2 Å². The van der Waals surface area contributed by atoms with E-state index in [1.54, 1.807) is 31.5 Å². The Bertz CT molecular complexity index is 693. The van der Waals surface area contributed by atoms with Crippen molar-refractivity contribution >= 4 is 20.8 Å². The van der Waals surface area contributed by atoms with Gasteiger partial charge in [-0.2, -0.15) is 0 Å². The van der Waals surface area contributed by atoms with Crippen LogP contribution in [0, 0.1) is 6.92 Å². The largest absolute Gasteiger partial charge is 0.395 e. The van der Waals surface area contributed by atoms with E-state index < -0.39 is 16.1 Å². The van der Waals surface area contributed by atoms with Gasteiger partial charge in [0.2, 0.25) is 10.0 Å². The molecule has 5 nitrogen and oxygen atoms in total. The summed E-state index contributed by atoms with van der Waals surface area (Å²) < 4.78 is 27.1. The molecule has 0 aliphatic carbocycles. The zero-order valence-corrected chi connectivity index (χ0v) is 11.6. The maximum absolute atomic E-state index is 12.3. The predicted molar refractivity (Wildman–Crippen MR) is 73.3 cm³/mol. The summed E-state index contributed by atoms with van der Waals surface area (Å²) in [6.07, 6.45) is 3.27. The van der Waals surface area contributed by atoms with Gasteiger partial charge in [0.25, 0.3) is 0 Å². The van der Waals surface area contributed by atoms with E-state index in [-0.39, 0.29) is 11.5 Å². The summed E-state index contributed by atoms with van der Waals surface area (Å²) in [5.41, 5.74) is 0.801. The van der Waals surface area contributed by atoms with Gasteiger partial charge in [-0.25, -0.2) is 13.1 Å². The number of aryl methyl sites for hydroxylation is 1. The Morgan fingerprint density at radius 3 is 2.79 bits per heavy atom. The van der Waals surface area contributed by atoms with Gasteiger partial charge in [-0.15, -0.1) is 0 Å². The minimum absolute atomic E-state index is 0.213. The van der Waals surface area contributed by atoms with E-state index in [0.717, 1.165) is 10.9 Å². The molecule has 1 heterocycles. The molecule has 1 unspecified atom stereocenters. The Hall–Kier alpha value is -1.50. The molecule has 0 spiro atoms. The molecule has 1 aromatic heterocycles. The van der Waals surface area contributed by atoms with Gasteiger partial charge in [0.05, 0.1) is 11.5 Å². The van der Waals surface area contributed by atoms with Crippen LogP contribution in [0.5, 0.6) is 0 Å². The van der Waals surface area contributed by atoms with Gasteiger partial charge in [-0.05, 0) is 25.5 Å². The van der Waals surface area contributed by atoms with Gasteiger partial charge < -0.3 is 5.11 Å². The molecule has 2 rings (SSSR count). The van der Waals surface area contributed by atoms with Crippen LogP contribution in [0.15, 0.2) is 35.5 Å². The van der Waals surface area contributed by atoms with Crippen LogP contribution < -0.4 is 4.72 Å². The maximum Gasteiger partial charge on any atom is 0.241 e. The highest BCUT2D eigenvalue weighted by molar-refractivity contribution is 7.89. The second kappa shape index (κ2) is 5.24. The number of aliphatic hydroxyl groups excluding tert-OH is 1. The highest BCUT2D eigenvalue weighted by Crippen LogP contribution is 2.25. The van der Waals surface area contributed by atoms with E-state index in [2.05, 4.69) is 9.71 Å². The van der Waals surface area contributed by atoms with Crippen molar-refractivity contribution < 1.29 is 13.5 Å². The summed E-state index contributed by atoms with van der Waals surface area (Å²) in [6, 6.07) is 4.54. The maximum atomic E-state index is 12.3. The van der Waals surface area contributed by atoms with Crippen molar-refractivity contribution in [3.05, 3.63) is 36.2 Å². The topological polar surface area (TPSA) is 79.3 Å². The molecule has 1 atom stereocenters. The Morgan fingerprint density at radius 1 is 1.37 bits per heavy atom. The summed E-state index contributed by atoms with van der Waals surface area (Å²) >= 11 is 0. The van der Waals surface area contributed by atoms with Crippen molar-refractivity contribution in [1.29, 1.82) is 0 Å². The SMILES string of the molecule is Cc1cncc2cccc(S(=O)(=O)NC(C)CO)c12. The molecule has 0 radical (unpaired) electrons. The molecule has 0 aliphatic rings. The van der Waals surface area contributed by atoms with Gasteiger partial charge in [0.1, 0.15) is 0 Å². The summed E-state index contributed by atoms with van der Waals surface area (Å²) in [5, 5.41) is 10.4. The van der Waals surface area contributed by atoms with E-state index in [1.807, 2.05) is 13.0 Å². The second-order valence-electron chi connectivity index (χ2n) is 4.52. The fourth-order valence-corrected chi connectivity index (χ4v) is 3.50. The molecule has 102 valence electrons. The normalized spacial score (nSPS) is 13.6. The van der Waals surface area contributed by atoms with Crippen LogP contribution in [0.4, 0.5) is 0 Å². The molecule has 6 heteroatoms. The number of pyridine rings is 1. The third-order valence-electron chi connectivity index (χ3n) is 2.85. The first-order chi connectivity index (χ1) is 8.95. The van der Waals surface area contributed by atoms with E-state index in [0.29, 0.717) is 5.39 Å². The van der Waals surface area contributed by atoms with Gasteiger partial charge in [-0.3, -0.25) is 4.98 Å². The van der Waals surface area contributed by atoms with Crippen molar-refractivity contribution in [2.75, 3.05) is 6.61 Å². The first-order valence-electron chi connectivity index (χ1n) is 5.92. The predicted octanol–water partition coefficient (Wildman–Crippen LogP) is 1.20. The summed E-state index contributed by atoms with van der Waals surface area (Å²) in [5.74, 6) is 0. The summed E-state index contributed by atoms with van der Waals surface area (Å²) in [4.78, 5) is 4.27. The van der Waals surface area contributed by atoms with Crippen LogP contribution in [0.25, 0.3) is 10.8 Å². The number of nitrogens with one attached hydrogen (secondary N) is 1. The highest BCUT2D eigenvalue weighted by Gasteiger charge is 2.20. The van der Waals surface area contributed by atoms with Crippen LogP contribution >= 0.6 is 0 Å². The number of benzene rings is 1. The van der Waals surface area contributed by atoms with E-state index in [9.17, 15) is 8.42 Å². The lowest BCUT2D eigenvalue weighted by Gasteiger charge is -2.14. The molecule has 0 saturated heterocycles. The molecule has 0 bridgehead atoms. The number of aliphatic hydroxyl groups is 1. The first-order valence-corrected chi connectivity index (χ1v) is 7.40. The Kier molecular flexibility index (Phi) is 3.84. The second-order valence-corrected chi connectivity index (χ2v) is 6.20. The van der Waals surface area contributed by atoms with Gasteiger partial charge in [-0.1, -0.05) is 12.1 Å². The number of rotatable bonds is 4. The lowest BCUT2D eigenvalue weighted by molar-refractivity contribution is 0.265. The van der Waals surface area contributed by atoms with Gasteiger partial charge in [0.15, 0.2) is 0 Å². The minimum atomic E-state index is -3.66. The fraction of sp³-hybridized carbons (Fsp3) is 0.308. The van der Waals surface area contributed by atoms with E-state index in [1.165, 1.54) is 0 Å². The lowest BCUT2D eigenvalue weighted by atomic mass is 10.1. The van der Waals surface area contributed by atoms with Crippen LogP contribution in [-0.2, 0) is 10.0 Å². The lowest BCUT2D eigenvalue weighted by Crippen LogP contribution is -2.35. The molecule has 0 saturated carbocycles. The van der Waals surface area contributed by atoms with Crippen molar-refractivity contribution in [3.63, 3.8) is 0 Å². The molecular formula is C13H16N2O3S. The average Bonchev–Trinajstić information content (AvgIpc) is 2.38. The quantitative estimate of drug-likeness (QED) is 0.882. The van der Waals surface area contributed by atoms with Crippen LogP contribution in [0.3, 0.4) is 0 Å². The van der Waals surface area contributed by atoms with Crippen molar-refractivity contribution in [1.82, 2.24) is 9.71 Å². The summed E-state index contributed by atoms with van der Waals surface area (Å²) in [7, 11) is -3.66. The van der Waals surface area contributed by atoms with Crippen molar-refractivity contribution in [3.8, 4) is 0 Å². The average molecular weight is 280 g/mol. The molecular weight excluding hydrogens is 264 g/mol. The third-order valence-corrected chi connectivity index (χ3v) is 4.49. The molecule has 2 aromatic rings. The molecule has 19 heavy (non-hydrogen) atoms. The van der Waals surface area contributed by atoms with Crippen molar-refractivity contribution in [2.45, 2.75) is 24.8 Å². The Balaban J connectivity index is 2.63. The first kappa shape index (κ1) is 13.9. The zero-order chi connectivity index (χ0) is 14.0. The minimum Gasteiger partial charge on any atom is -0.395 e. The Morgan fingerprint density at radius 2 is 2.11 bits per heavy atom. The number of hydrogen-bond donors (Lipinski definition) is 2. The monoisotopic (exact) mass is 280 g/mol. The standard InChI is InChI=1S/C13H16N2O3S/c1-9-6-14-7-11-4-3-5-12(13(9)11)19(17,18)15-10(2)8-16/h3-7,10,15-16H,8H2,1-2H3. The van der Waals surface area contributed by atoms with Crippen molar-refractivity contribution in [2.24, 2.45) is 0 Å². The zero-order valence-electron chi connectivity index (χ0n) is 10.8. The van der Waals surface area contributed by atoms with Gasteiger partial charge >= 0.3 is 0 Å². The van der Waals surface area contributed by atoms with E-state index in [4.69, 9.17) is 5.11 Å². The highest BCUT2D eigenvalue weighted by atomic mass is 32.2. The molecule has 0 aliphatic heterocycles. The van der Waals surface area contributed by atoms with Crippen LogP contribution in [0.1, 0.15) is 12.5 Å². The fourth-order valence-electron chi connectivity index (χ4n) is 1.96.